The number of hydrogen-bond donors (Lipinski definition) is 2. The number of thiophene rings is 1. The number of hydrogen-bond acceptors (Lipinski definition) is 5. The largest absolute Gasteiger partial charge is 0.326 e. The number of thioether (sulfide) groups is 1. The van der Waals surface area contributed by atoms with Crippen molar-refractivity contribution in [1.82, 2.24) is 0 Å². The molecule has 1 heterocycles. The van der Waals surface area contributed by atoms with Gasteiger partial charge >= 0.3 is 0 Å². The lowest BCUT2D eigenvalue weighted by Gasteiger charge is -2.17. The smallest absolute Gasteiger partial charge is 0.243 e. The SMILES string of the molecule is N#Cc1c(-c2ccccc2)csc1NC(=O)C(Sc1cccc(NC(=O)Cc2ccc(Cl)cc2)c1)c1ccccc1. The molecule has 1 unspecified atom stereocenters. The summed E-state index contributed by atoms with van der Waals surface area (Å²) in [5.74, 6) is -0.390. The number of rotatable bonds is 9. The third kappa shape index (κ3) is 7.24. The molecule has 1 atom stereocenters. The number of nitrogens with zero attached hydrogens (tertiary/aromatic N) is 1. The van der Waals surface area contributed by atoms with E-state index in [-0.39, 0.29) is 18.2 Å². The maximum Gasteiger partial charge on any atom is 0.243 e. The summed E-state index contributed by atoms with van der Waals surface area (Å²) in [6.45, 7) is 0. The molecule has 2 amide bonds. The average molecular weight is 594 g/mol. The van der Waals surface area contributed by atoms with Crippen molar-refractivity contribution in [2.45, 2.75) is 16.6 Å². The monoisotopic (exact) mass is 593 g/mol. The molecule has 0 aliphatic carbocycles. The molecule has 4 aromatic carbocycles. The molecular weight excluding hydrogens is 570 g/mol. The van der Waals surface area contributed by atoms with Gasteiger partial charge in [0.25, 0.3) is 0 Å². The highest BCUT2D eigenvalue weighted by atomic mass is 35.5. The molecule has 5 nitrogen and oxygen atoms in total. The summed E-state index contributed by atoms with van der Waals surface area (Å²) < 4.78 is 0. The normalized spacial score (nSPS) is 11.3. The molecule has 0 saturated carbocycles. The highest BCUT2D eigenvalue weighted by Crippen LogP contribution is 2.40. The number of nitrogens with one attached hydrogen (secondary N) is 2. The second kappa shape index (κ2) is 13.3. The summed E-state index contributed by atoms with van der Waals surface area (Å²) >= 11 is 8.66. The fourth-order valence-electron chi connectivity index (χ4n) is 4.25. The second-order valence-electron chi connectivity index (χ2n) is 9.11. The van der Waals surface area contributed by atoms with Gasteiger partial charge in [0.05, 0.1) is 12.0 Å². The van der Waals surface area contributed by atoms with Gasteiger partial charge in [-0.3, -0.25) is 9.59 Å². The predicted molar refractivity (Wildman–Crippen MR) is 168 cm³/mol. The summed E-state index contributed by atoms with van der Waals surface area (Å²) in [4.78, 5) is 27.2. The van der Waals surface area contributed by atoms with Gasteiger partial charge in [-0.15, -0.1) is 23.1 Å². The van der Waals surface area contributed by atoms with E-state index in [4.69, 9.17) is 11.6 Å². The quantitative estimate of drug-likeness (QED) is 0.168. The number of anilines is 2. The van der Waals surface area contributed by atoms with Crippen LogP contribution in [0.4, 0.5) is 10.7 Å². The van der Waals surface area contributed by atoms with Crippen LogP contribution in [0.15, 0.2) is 119 Å². The van der Waals surface area contributed by atoms with Crippen molar-refractivity contribution in [2.75, 3.05) is 10.6 Å². The van der Waals surface area contributed by atoms with E-state index in [9.17, 15) is 14.9 Å². The van der Waals surface area contributed by atoms with Crippen LogP contribution in [-0.4, -0.2) is 11.8 Å². The maximum absolute atomic E-state index is 13.7. The molecule has 5 aromatic rings. The first-order valence-electron chi connectivity index (χ1n) is 12.7. The second-order valence-corrected chi connectivity index (χ2v) is 11.6. The summed E-state index contributed by atoms with van der Waals surface area (Å²) in [5.41, 5.74) is 4.48. The van der Waals surface area contributed by atoms with Crippen LogP contribution >= 0.6 is 34.7 Å². The molecule has 41 heavy (non-hydrogen) atoms. The Morgan fingerprint density at radius 3 is 2.29 bits per heavy atom. The maximum atomic E-state index is 13.7. The average Bonchev–Trinajstić information content (AvgIpc) is 3.40. The van der Waals surface area contributed by atoms with Gasteiger partial charge in [-0.2, -0.15) is 5.26 Å². The van der Waals surface area contributed by atoms with Gasteiger partial charge in [0.2, 0.25) is 11.8 Å². The molecule has 0 fully saturated rings. The Morgan fingerprint density at radius 2 is 1.59 bits per heavy atom. The van der Waals surface area contributed by atoms with E-state index in [1.165, 1.54) is 23.1 Å². The van der Waals surface area contributed by atoms with E-state index in [0.29, 0.717) is 21.3 Å². The van der Waals surface area contributed by atoms with E-state index in [2.05, 4.69) is 16.7 Å². The third-order valence-corrected chi connectivity index (χ3v) is 8.61. The number of carbonyl (C=O) groups excluding carboxylic acids is 2. The number of amides is 2. The van der Waals surface area contributed by atoms with E-state index >= 15 is 0 Å². The predicted octanol–water partition coefficient (Wildman–Crippen LogP) is 8.59. The van der Waals surface area contributed by atoms with Crippen LogP contribution in [0.2, 0.25) is 5.02 Å². The zero-order valence-electron chi connectivity index (χ0n) is 21.7. The molecule has 0 radical (unpaired) electrons. The molecule has 0 bridgehead atoms. The minimum absolute atomic E-state index is 0.150. The molecule has 5 rings (SSSR count). The first-order valence-corrected chi connectivity index (χ1v) is 14.9. The summed E-state index contributed by atoms with van der Waals surface area (Å²) in [5, 5.41) is 18.3. The van der Waals surface area contributed by atoms with E-state index in [0.717, 1.165) is 27.1 Å². The minimum Gasteiger partial charge on any atom is -0.326 e. The Kier molecular flexibility index (Phi) is 9.17. The van der Waals surface area contributed by atoms with Gasteiger partial charge in [-0.05, 0) is 47.0 Å². The van der Waals surface area contributed by atoms with E-state index < -0.39 is 5.25 Å². The van der Waals surface area contributed by atoms with Gasteiger partial charge in [0.1, 0.15) is 16.3 Å². The first-order chi connectivity index (χ1) is 20.0. The topological polar surface area (TPSA) is 82.0 Å². The number of carbonyl (C=O) groups is 2. The lowest BCUT2D eigenvalue weighted by atomic mass is 10.1. The van der Waals surface area contributed by atoms with Gasteiger partial charge in [-0.1, -0.05) is 90.5 Å². The molecule has 2 N–H and O–H groups in total. The lowest BCUT2D eigenvalue weighted by Crippen LogP contribution is -2.19. The molecule has 1 aromatic heterocycles. The number of nitriles is 1. The molecule has 0 saturated heterocycles. The van der Waals surface area contributed by atoms with Crippen LogP contribution in [0.1, 0.15) is 21.9 Å². The van der Waals surface area contributed by atoms with Crippen LogP contribution in [0.25, 0.3) is 11.1 Å². The van der Waals surface area contributed by atoms with Crippen LogP contribution in [-0.2, 0) is 16.0 Å². The fourth-order valence-corrected chi connectivity index (χ4v) is 6.38. The summed E-state index contributed by atoms with van der Waals surface area (Å²) in [7, 11) is 0. The first kappa shape index (κ1) is 28.2. The van der Waals surface area contributed by atoms with Gasteiger partial charge < -0.3 is 10.6 Å². The van der Waals surface area contributed by atoms with Crippen LogP contribution < -0.4 is 10.6 Å². The Hall–Kier alpha value is -4.35. The Balaban J connectivity index is 1.34. The molecule has 0 aliphatic heterocycles. The van der Waals surface area contributed by atoms with Crippen molar-refractivity contribution >= 4 is 57.2 Å². The lowest BCUT2D eigenvalue weighted by molar-refractivity contribution is -0.116. The van der Waals surface area contributed by atoms with Crippen molar-refractivity contribution in [1.29, 1.82) is 5.26 Å². The van der Waals surface area contributed by atoms with Crippen molar-refractivity contribution in [3.63, 3.8) is 0 Å². The third-order valence-electron chi connectivity index (χ3n) is 6.21. The summed E-state index contributed by atoms with van der Waals surface area (Å²) in [6, 6.07) is 36.0. The molecule has 0 spiro atoms. The van der Waals surface area contributed by atoms with Crippen molar-refractivity contribution in [3.05, 3.63) is 136 Å². The minimum atomic E-state index is -0.593. The fraction of sp³-hybridized carbons (Fsp3) is 0.0606. The number of halogens is 1. The van der Waals surface area contributed by atoms with E-state index in [1.807, 2.05) is 102 Å². The Morgan fingerprint density at radius 1 is 0.878 bits per heavy atom. The van der Waals surface area contributed by atoms with Crippen LogP contribution in [0.3, 0.4) is 0 Å². The molecule has 0 aliphatic rings. The Bertz CT molecular complexity index is 1700. The Labute approximate surface area is 251 Å². The van der Waals surface area contributed by atoms with Crippen LogP contribution in [0.5, 0.6) is 0 Å². The highest BCUT2D eigenvalue weighted by molar-refractivity contribution is 8.00. The zero-order chi connectivity index (χ0) is 28.6. The molecular formula is C33H24ClN3O2S2. The van der Waals surface area contributed by atoms with Crippen molar-refractivity contribution in [3.8, 4) is 17.2 Å². The van der Waals surface area contributed by atoms with Gasteiger partial charge in [-0.25, -0.2) is 0 Å². The van der Waals surface area contributed by atoms with Crippen LogP contribution in [0, 0.1) is 11.3 Å². The van der Waals surface area contributed by atoms with E-state index in [1.54, 1.807) is 12.1 Å². The van der Waals surface area contributed by atoms with Crippen molar-refractivity contribution < 1.29 is 9.59 Å². The molecule has 8 heteroatoms. The van der Waals surface area contributed by atoms with Gasteiger partial charge in [0.15, 0.2) is 0 Å². The standard InChI is InChI=1S/C33H24ClN3O2S2/c34-25-16-14-22(15-17-25)18-30(38)36-26-12-7-13-27(19-26)41-31(24-10-5-2-6-11-24)32(39)37-33-28(20-35)29(21-40-33)23-8-3-1-4-9-23/h1-17,19,21,31H,18H2,(H,36,38)(H,37,39). The van der Waals surface area contributed by atoms with Gasteiger partial charge in [0, 0.05) is 26.5 Å². The highest BCUT2D eigenvalue weighted by Gasteiger charge is 2.25. The number of benzene rings is 4. The van der Waals surface area contributed by atoms with Crippen molar-refractivity contribution in [2.24, 2.45) is 0 Å². The molecule has 202 valence electrons. The zero-order valence-corrected chi connectivity index (χ0v) is 24.1. The summed E-state index contributed by atoms with van der Waals surface area (Å²) in [6.07, 6.45) is 0.219.